The second-order valence-corrected chi connectivity index (χ2v) is 8.19. The lowest BCUT2D eigenvalue weighted by molar-refractivity contribution is 0.0113. The van der Waals surface area contributed by atoms with E-state index in [-0.39, 0.29) is 17.4 Å². The predicted octanol–water partition coefficient (Wildman–Crippen LogP) is 2.26. The van der Waals surface area contributed by atoms with Crippen LogP contribution in [0, 0.1) is 19.3 Å². The minimum absolute atomic E-state index is 0.00394. The summed E-state index contributed by atoms with van der Waals surface area (Å²) in [5.74, 6) is 1.76. The molecule has 2 aliphatic heterocycles. The number of nitrogens with zero attached hydrogens (tertiary/aromatic N) is 6. The smallest absolute Gasteiger partial charge is 0.259 e. The zero-order valence-electron chi connectivity index (χ0n) is 16.6. The summed E-state index contributed by atoms with van der Waals surface area (Å²) in [6.45, 7) is 5.88. The van der Waals surface area contributed by atoms with Gasteiger partial charge in [-0.3, -0.25) is 14.7 Å². The Morgan fingerprint density at radius 2 is 1.90 bits per heavy atom. The van der Waals surface area contributed by atoms with E-state index in [1.807, 2.05) is 17.0 Å². The maximum absolute atomic E-state index is 12.8. The fraction of sp³-hybridized carbons (Fsp3) is 0.450. The summed E-state index contributed by atoms with van der Waals surface area (Å²) < 4.78 is 10.7. The number of hydrogen-bond donors (Lipinski definition) is 0. The molecule has 0 N–H and O–H groups in total. The highest BCUT2D eigenvalue weighted by molar-refractivity contribution is 5.96. The number of amides is 1. The summed E-state index contributed by atoms with van der Waals surface area (Å²) in [6.07, 6.45) is 4.30. The lowest BCUT2D eigenvalue weighted by Crippen LogP contribution is -2.59. The van der Waals surface area contributed by atoms with Gasteiger partial charge in [-0.2, -0.15) is 4.98 Å². The van der Waals surface area contributed by atoms with E-state index < -0.39 is 0 Å². The SMILES string of the molecule is Cc1noc(C)c1C(=O)N1CC2(C[C@@H](c3nc(-c4ccncc4)no3)N(C)C2)C1. The molecule has 0 aromatic carbocycles. The summed E-state index contributed by atoms with van der Waals surface area (Å²) in [5.41, 5.74) is 2.16. The Morgan fingerprint density at radius 1 is 1.14 bits per heavy atom. The van der Waals surface area contributed by atoms with Crippen LogP contribution in [-0.2, 0) is 0 Å². The normalized spacial score (nSPS) is 20.9. The van der Waals surface area contributed by atoms with E-state index in [0.29, 0.717) is 41.8 Å². The van der Waals surface area contributed by atoms with Crippen molar-refractivity contribution in [2.75, 3.05) is 26.7 Å². The summed E-state index contributed by atoms with van der Waals surface area (Å²) >= 11 is 0. The molecular weight excluding hydrogens is 372 g/mol. The molecule has 2 aliphatic rings. The topological polar surface area (TPSA) is 101 Å². The molecule has 1 spiro atoms. The van der Waals surface area contributed by atoms with Crippen molar-refractivity contribution >= 4 is 5.91 Å². The number of likely N-dealkylation sites (tertiary alicyclic amines) is 2. The van der Waals surface area contributed by atoms with E-state index >= 15 is 0 Å². The minimum Gasteiger partial charge on any atom is -0.361 e. The van der Waals surface area contributed by atoms with Gasteiger partial charge < -0.3 is 13.9 Å². The molecule has 1 atom stereocenters. The number of rotatable bonds is 3. The Hall–Kier alpha value is -3.07. The first-order valence-electron chi connectivity index (χ1n) is 9.62. The molecule has 3 aromatic heterocycles. The summed E-state index contributed by atoms with van der Waals surface area (Å²) in [7, 11) is 2.06. The molecule has 5 rings (SSSR count). The van der Waals surface area contributed by atoms with Gasteiger partial charge in [-0.1, -0.05) is 10.3 Å². The van der Waals surface area contributed by atoms with E-state index in [2.05, 4.69) is 32.2 Å². The molecule has 1 amide bonds. The van der Waals surface area contributed by atoms with Gasteiger partial charge in [0.25, 0.3) is 5.91 Å². The highest BCUT2D eigenvalue weighted by Crippen LogP contribution is 2.48. The van der Waals surface area contributed by atoms with Crippen molar-refractivity contribution in [3.05, 3.63) is 47.4 Å². The molecule has 150 valence electrons. The van der Waals surface area contributed by atoms with Crippen molar-refractivity contribution in [3.8, 4) is 11.4 Å². The third-order valence-corrected chi connectivity index (χ3v) is 6.00. The molecule has 0 bridgehead atoms. The average molecular weight is 394 g/mol. The Morgan fingerprint density at radius 3 is 2.59 bits per heavy atom. The fourth-order valence-electron chi connectivity index (χ4n) is 4.62. The Balaban J connectivity index is 1.29. The van der Waals surface area contributed by atoms with Crippen LogP contribution in [0.2, 0.25) is 0 Å². The summed E-state index contributed by atoms with van der Waals surface area (Å²) in [5, 5.41) is 8.03. The molecule has 9 heteroatoms. The van der Waals surface area contributed by atoms with E-state index in [0.717, 1.165) is 18.5 Å². The third kappa shape index (κ3) is 2.93. The summed E-state index contributed by atoms with van der Waals surface area (Å²) in [6, 6.07) is 3.77. The van der Waals surface area contributed by atoms with Gasteiger partial charge in [-0.25, -0.2) is 0 Å². The molecule has 0 radical (unpaired) electrons. The molecule has 29 heavy (non-hydrogen) atoms. The molecular formula is C20H22N6O3. The van der Waals surface area contributed by atoms with Crippen LogP contribution in [0.25, 0.3) is 11.4 Å². The van der Waals surface area contributed by atoms with Crippen molar-refractivity contribution in [1.29, 1.82) is 0 Å². The first-order valence-corrected chi connectivity index (χ1v) is 9.62. The van der Waals surface area contributed by atoms with E-state index in [1.165, 1.54) is 0 Å². The van der Waals surface area contributed by atoms with Crippen LogP contribution in [0.15, 0.2) is 33.6 Å². The summed E-state index contributed by atoms with van der Waals surface area (Å²) in [4.78, 5) is 25.6. The van der Waals surface area contributed by atoms with Crippen LogP contribution in [0.4, 0.5) is 0 Å². The van der Waals surface area contributed by atoms with Crippen LogP contribution >= 0.6 is 0 Å². The Labute approximate surface area is 167 Å². The van der Waals surface area contributed by atoms with Gasteiger partial charge in [0.1, 0.15) is 11.3 Å². The van der Waals surface area contributed by atoms with Gasteiger partial charge in [0.05, 0.1) is 11.7 Å². The molecule has 2 saturated heterocycles. The maximum Gasteiger partial charge on any atom is 0.259 e. The van der Waals surface area contributed by atoms with E-state index in [1.54, 1.807) is 26.2 Å². The van der Waals surface area contributed by atoms with Crippen molar-refractivity contribution in [2.45, 2.75) is 26.3 Å². The first-order chi connectivity index (χ1) is 14.0. The third-order valence-electron chi connectivity index (χ3n) is 6.00. The second kappa shape index (κ2) is 6.48. The highest BCUT2D eigenvalue weighted by Gasteiger charge is 2.53. The average Bonchev–Trinajstić information content (AvgIpc) is 3.38. The van der Waals surface area contributed by atoms with Gasteiger partial charge in [-0.15, -0.1) is 0 Å². The second-order valence-electron chi connectivity index (χ2n) is 8.19. The lowest BCUT2D eigenvalue weighted by Gasteiger charge is -2.48. The molecule has 0 unspecified atom stereocenters. The zero-order chi connectivity index (χ0) is 20.2. The number of aryl methyl sites for hydroxylation is 2. The monoisotopic (exact) mass is 394 g/mol. The Bertz CT molecular complexity index is 1030. The van der Waals surface area contributed by atoms with Crippen LogP contribution in [0.5, 0.6) is 0 Å². The first kappa shape index (κ1) is 18.0. The van der Waals surface area contributed by atoms with Crippen LogP contribution in [0.1, 0.15) is 40.2 Å². The maximum atomic E-state index is 12.8. The largest absolute Gasteiger partial charge is 0.361 e. The van der Waals surface area contributed by atoms with Crippen molar-refractivity contribution in [3.63, 3.8) is 0 Å². The predicted molar refractivity (Wildman–Crippen MR) is 102 cm³/mol. The van der Waals surface area contributed by atoms with E-state index in [9.17, 15) is 4.79 Å². The standard InChI is InChI=1S/C20H22N6O3/c1-12-16(13(2)28-23-12)19(27)26-10-20(11-26)8-15(25(3)9-20)18-22-17(24-29-18)14-4-6-21-7-5-14/h4-7,15H,8-11H2,1-3H3/t15-/m0/s1. The van der Waals surface area contributed by atoms with Crippen molar-refractivity contribution < 1.29 is 13.8 Å². The number of carbonyl (C=O) groups excluding carboxylic acids is 1. The molecule has 0 aliphatic carbocycles. The number of pyridine rings is 1. The van der Waals surface area contributed by atoms with Gasteiger partial charge in [0.15, 0.2) is 0 Å². The number of aromatic nitrogens is 4. The highest BCUT2D eigenvalue weighted by atomic mass is 16.5. The molecule has 9 nitrogen and oxygen atoms in total. The van der Waals surface area contributed by atoms with E-state index in [4.69, 9.17) is 9.05 Å². The van der Waals surface area contributed by atoms with Gasteiger partial charge >= 0.3 is 0 Å². The molecule has 5 heterocycles. The quantitative estimate of drug-likeness (QED) is 0.667. The lowest BCUT2D eigenvalue weighted by atomic mass is 9.77. The van der Waals surface area contributed by atoms with Crippen LogP contribution < -0.4 is 0 Å². The van der Waals surface area contributed by atoms with Crippen LogP contribution in [-0.4, -0.2) is 62.7 Å². The van der Waals surface area contributed by atoms with Gasteiger partial charge in [-0.05, 0) is 39.4 Å². The van der Waals surface area contributed by atoms with Crippen LogP contribution in [0.3, 0.4) is 0 Å². The minimum atomic E-state index is -0.00394. The Kier molecular flexibility index (Phi) is 4.02. The van der Waals surface area contributed by atoms with Crippen molar-refractivity contribution in [1.82, 2.24) is 30.1 Å². The fourth-order valence-corrected chi connectivity index (χ4v) is 4.62. The number of hydrogen-bond acceptors (Lipinski definition) is 8. The van der Waals surface area contributed by atoms with Crippen molar-refractivity contribution in [2.24, 2.45) is 5.41 Å². The van der Waals surface area contributed by atoms with Gasteiger partial charge in [0.2, 0.25) is 11.7 Å². The molecule has 3 aromatic rings. The zero-order valence-corrected chi connectivity index (χ0v) is 16.6. The molecule has 0 saturated carbocycles. The molecule has 2 fully saturated rings. The van der Waals surface area contributed by atoms with Gasteiger partial charge in [0, 0.05) is 43.0 Å². The number of carbonyl (C=O) groups is 1.